The SMILES string of the molecule is CC(=O)N[C@@H](CSc1nc(C)ccc1C#N)C(=O)O. The van der Waals surface area contributed by atoms with Gasteiger partial charge in [0.15, 0.2) is 0 Å². The number of carboxylic acid groups (broad SMARTS) is 1. The highest BCUT2D eigenvalue weighted by atomic mass is 32.2. The van der Waals surface area contributed by atoms with Crippen molar-refractivity contribution in [2.75, 3.05) is 5.75 Å². The molecule has 7 heteroatoms. The van der Waals surface area contributed by atoms with E-state index in [4.69, 9.17) is 10.4 Å². The molecule has 1 aromatic heterocycles. The Labute approximate surface area is 114 Å². The van der Waals surface area contributed by atoms with Crippen LogP contribution in [0.4, 0.5) is 0 Å². The van der Waals surface area contributed by atoms with E-state index in [1.165, 1.54) is 6.92 Å². The van der Waals surface area contributed by atoms with Gasteiger partial charge in [-0.15, -0.1) is 11.8 Å². The van der Waals surface area contributed by atoms with Gasteiger partial charge in [0.05, 0.1) is 5.56 Å². The normalized spacial score (nSPS) is 11.4. The average Bonchev–Trinajstić information content (AvgIpc) is 2.34. The molecule has 0 fully saturated rings. The minimum atomic E-state index is -1.12. The Morgan fingerprint density at radius 3 is 2.79 bits per heavy atom. The van der Waals surface area contributed by atoms with Gasteiger partial charge in [-0.2, -0.15) is 5.26 Å². The maximum absolute atomic E-state index is 11.0. The maximum atomic E-state index is 11.0. The molecule has 0 radical (unpaired) electrons. The van der Waals surface area contributed by atoms with Gasteiger partial charge < -0.3 is 10.4 Å². The lowest BCUT2D eigenvalue weighted by Crippen LogP contribution is -2.41. The smallest absolute Gasteiger partial charge is 0.327 e. The van der Waals surface area contributed by atoms with Crippen molar-refractivity contribution in [3.8, 4) is 6.07 Å². The van der Waals surface area contributed by atoms with Gasteiger partial charge in [0.1, 0.15) is 17.1 Å². The van der Waals surface area contributed by atoms with Crippen LogP contribution in [0.15, 0.2) is 17.2 Å². The van der Waals surface area contributed by atoms with Gasteiger partial charge in [-0.25, -0.2) is 9.78 Å². The van der Waals surface area contributed by atoms with Crippen LogP contribution in [0.5, 0.6) is 0 Å². The van der Waals surface area contributed by atoms with Crippen molar-refractivity contribution in [3.05, 3.63) is 23.4 Å². The van der Waals surface area contributed by atoms with Crippen LogP contribution in [0.2, 0.25) is 0 Å². The molecule has 0 saturated carbocycles. The fourth-order valence-electron chi connectivity index (χ4n) is 1.31. The first kappa shape index (κ1) is 15.0. The number of carbonyl (C=O) groups excluding carboxylic acids is 1. The summed E-state index contributed by atoms with van der Waals surface area (Å²) in [5.41, 5.74) is 1.13. The molecule has 1 atom stereocenters. The zero-order chi connectivity index (χ0) is 14.4. The van der Waals surface area contributed by atoms with Gasteiger partial charge in [-0.05, 0) is 19.1 Å². The molecule has 6 nitrogen and oxygen atoms in total. The van der Waals surface area contributed by atoms with E-state index in [0.717, 1.165) is 17.5 Å². The Kier molecular flexibility index (Phi) is 5.33. The number of aryl methyl sites for hydroxylation is 1. The molecule has 0 aliphatic heterocycles. The van der Waals surface area contributed by atoms with E-state index >= 15 is 0 Å². The Balaban J connectivity index is 2.79. The predicted octanol–water partition coefficient (Wildman–Crippen LogP) is 0.943. The number of carboxylic acids is 1. The van der Waals surface area contributed by atoms with E-state index in [0.29, 0.717) is 10.6 Å². The van der Waals surface area contributed by atoms with Crippen LogP contribution in [0, 0.1) is 18.3 Å². The molecule has 1 heterocycles. The quantitative estimate of drug-likeness (QED) is 0.778. The largest absolute Gasteiger partial charge is 0.480 e. The standard InChI is InChI=1S/C12H13N3O3S/c1-7-3-4-9(5-13)11(14-7)19-6-10(12(17)18)15-8(2)16/h3-4,10H,6H2,1-2H3,(H,15,16)(H,17,18)/t10-/m0/s1. The third-order valence-corrected chi connectivity index (χ3v) is 3.27. The highest BCUT2D eigenvalue weighted by Gasteiger charge is 2.19. The van der Waals surface area contributed by atoms with Gasteiger partial charge in [-0.1, -0.05) is 0 Å². The molecule has 19 heavy (non-hydrogen) atoms. The summed E-state index contributed by atoms with van der Waals surface area (Å²) in [4.78, 5) is 26.0. The molecule has 100 valence electrons. The Hall–Kier alpha value is -2.07. The Morgan fingerprint density at radius 2 is 2.26 bits per heavy atom. The van der Waals surface area contributed by atoms with Gasteiger partial charge in [0, 0.05) is 18.4 Å². The fourth-order valence-corrected chi connectivity index (χ4v) is 2.34. The molecule has 0 aliphatic carbocycles. The van der Waals surface area contributed by atoms with Crippen LogP contribution >= 0.6 is 11.8 Å². The molecular weight excluding hydrogens is 266 g/mol. The number of rotatable bonds is 5. The number of nitrogens with zero attached hydrogens (tertiary/aromatic N) is 2. The first-order chi connectivity index (χ1) is 8.93. The van der Waals surface area contributed by atoms with E-state index < -0.39 is 17.9 Å². The van der Waals surface area contributed by atoms with E-state index in [2.05, 4.69) is 10.3 Å². The third kappa shape index (κ3) is 4.60. The van der Waals surface area contributed by atoms with Gasteiger partial charge >= 0.3 is 5.97 Å². The van der Waals surface area contributed by atoms with E-state index in [1.54, 1.807) is 19.1 Å². The molecule has 0 spiro atoms. The Bertz CT molecular complexity index is 540. The lowest BCUT2D eigenvalue weighted by molar-refractivity contribution is -0.140. The van der Waals surface area contributed by atoms with Crippen LogP contribution < -0.4 is 5.32 Å². The number of aromatic nitrogens is 1. The van der Waals surface area contributed by atoms with Crippen LogP contribution in [-0.4, -0.2) is 33.8 Å². The zero-order valence-electron chi connectivity index (χ0n) is 10.5. The second-order valence-electron chi connectivity index (χ2n) is 3.82. The predicted molar refractivity (Wildman–Crippen MR) is 69.7 cm³/mol. The molecule has 0 aromatic carbocycles. The summed E-state index contributed by atoms with van der Waals surface area (Å²) >= 11 is 1.14. The highest BCUT2D eigenvalue weighted by Crippen LogP contribution is 2.21. The molecule has 0 bridgehead atoms. The molecule has 1 amide bonds. The van der Waals surface area contributed by atoms with Gasteiger partial charge in [0.2, 0.25) is 5.91 Å². The molecule has 1 aromatic rings. The van der Waals surface area contributed by atoms with Crippen molar-refractivity contribution in [1.82, 2.24) is 10.3 Å². The van der Waals surface area contributed by atoms with Crippen molar-refractivity contribution in [2.45, 2.75) is 24.9 Å². The molecular formula is C12H13N3O3S. The second-order valence-corrected chi connectivity index (χ2v) is 4.83. The Morgan fingerprint density at radius 1 is 1.58 bits per heavy atom. The first-order valence-electron chi connectivity index (χ1n) is 5.44. The molecule has 1 rings (SSSR count). The maximum Gasteiger partial charge on any atom is 0.327 e. The fraction of sp³-hybridized carbons (Fsp3) is 0.333. The number of carbonyl (C=O) groups is 2. The lowest BCUT2D eigenvalue weighted by Gasteiger charge is -2.12. The molecule has 0 saturated heterocycles. The molecule has 0 unspecified atom stereocenters. The topological polar surface area (TPSA) is 103 Å². The van der Waals surface area contributed by atoms with Crippen molar-refractivity contribution in [2.24, 2.45) is 0 Å². The summed E-state index contributed by atoms with van der Waals surface area (Å²) in [5.74, 6) is -1.42. The van der Waals surface area contributed by atoms with Crippen LogP contribution in [-0.2, 0) is 9.59 Å². The number of nitrogens with one attached hydrogen (secondary N) is 1. The van der Waals surface area contributed by atoms with Crippen LogP contribution in [0.1, 0.15) is 18.2 Å². The number of pyridine rings is 1. The monoisotopic (exact) mass is 279 g/mol. The van der Waals surface area contributed by atoms with Crippen LogP contribution in [0.25, 0.3) is 0 Å². The number of hydrogen-bond donors (Lipinski definition) is 2. The van der Waals surface area contributed by atoms with Crippen molar-refractivity contribution in [1.29, 1.82) is 5.26 Å². The van der Waals surface area contributed by atoms with Crippen molar-refractivity contribution < 1.29 is 14.7 Å². The molecule has 0 aliphatic rings. The minimum Gasteiger partial charge on any atom is -0.480 e. The number of nitriles is 1. The summed E-state index contributed by atoms with van der Waals surface area (Å²) < 4.78 is 0. The molecule has 2 N–H and O–H groups in total. The number of hydrogen-bond acceptors (Lipinski definition) is 5. The first-order valence-corrected chi connectivity index (χ1v) is 6.43. The third-order valence-electron chi connectivity index (χ3n) is 2.18. The summed E-state index contributed by atoms with van der Waals surface area (Å²) in [7, 11) is 0. The average molecular weight is 279 g/mol. The van der Waals surface area contributed by atoms with E-state index in [1.807, 2.05) is 6.07 Å². The zero-order valence-corrected chi connectivity index (χ0v) is 11.3. The number of aliphatic carboxylic acids is 1. The lowest BCUT2D eigenvalue weighted by atomic mass is 10.3. The van der Waals surface area contributed by atoms with Crippen molar-refractivity contribution >= 4 is 23.6 Å². The number of thioether (sulfide) groups is 1. The minimum absolute atomic E-state index is 0.111. The summed E-state index contributed by atoms with van der Waals surface area (Å²) in [6, 6.07) is 4.35. The van der Waals surface area contributed by atoms with E-state index in [9.17, 15) is 9.59 Å². The summed E-state index contributed by atoms with van der Waals surface area (Å²) in [6.07, 6.45) is 0. The number of amides is 1. The van der Waals surface area contributed by atoms with Crippen LogP contribution in [0.3, 0.4) is 0 Å². The van der Waals surface area contributed by atoms with Gasteiger partial charge in [0.25, 0.3) is 0 Å². The summed E-state index contributed by atoms with van der Waals surface area (Å²) in [5, 5.41) is 20.7. The van der Waals surface area contributed by atoms with E-state index in [-0.39, 0.29) is 5.75 Å². The second kappa shape index (κ2) is 6.75. The van der Waals surface area contributed by atoms with Crippen molar-refractivity contribution in [3.63, 3.8) is 0 Å². The van der Waals surface area contributed by atoms with Gasteiger partial charge in [-0.3, -0.25) is 4.79 Å². The highest BCUT2D eigenvalue weighted by molar-refractivity contribution is 7.99. The summed E-state index contributed by atoms with van der Waals surface area (Å²) in [6.45, 7) is 3.04.